The highest BCUT2D eigenvalue weighted by atomic mass is 16.5. The van der Waals surface area contributed by atoms with Crippen molar-refractivity contribution in [2.45, 2.75) is 65.2 Å². The number of allylic oxidation sites excluding steroid dienone is 12. The molecule has 26 heavy (non-hydrogen) atoms. The minimum absolute atomic E-state index is 0.118. The van der Waals surface area contributed by atoms with Gasteiger partial charge >= 0.3 is 5.97 Å². The van der Waals surface area contributed by atoms with Crippen molar-refractivity contribution in [2.24, 2.45) is 0 Å². The second-order valence-corrected chi connectivity index (χ2v) is 5.76. The first-order valence-electron chi connectivity index (χ1n) is 9.86. The van der Waals surface area contributed by atoms with Crippen LogP contribution in [-0.2, 0) is 9.53 Å². The third kappa shape index (κ3) is 20.0. The zero-order chi connectivity index (χ0) is 19.1. The zero-order valence-electron chi connectivity index (χ0n) is 16.6. The number of hydrogen-bond acceptors (Lipinski definition) is 2. The fourth-order valence-electron chi connectivity index (χ4n) is 2.07. The van der Waals surface area contributed by atoms with Gasteiger partial charge in [0.15, 0.2) is 0 Å². The van der Waals surface area contributed by atoms with Crippen molar-refractivity contribution in [1.82, 2.24) is 0 Å². The Bertz CT molecular complexity index is 490. The van der Waals surface area contributed by atoms with Gasteiger partial charge in [-0.1, -0.05) is 79.8 Å². The summed E-state index contributed by atoms with van der Waals surface area (Å²) in [4.78, 5) is 11.1. The van der Waals surface area contributed by atoms with E-state index in [1.54, 1.807) is 0 Å². The summed E-state index contributed by atoms with van der Waals surface area (Å²) in [6.45, 7) is 4.44. The fraction of sp³-hybridized carbons (Fsp3) is 0.458. The Morgan fingerprint density at radius 2 is 1.00 bits per heavy atom. The van der Waals surface area contributed by atoms with E-state index in [4.69, 9.17) is 4.74 Å². The van der Waals surface area contributed by atoms with Gasteiger partial charge in [-0.2, -0.15) is 0 Å². The van der Waals surface area contributed by atoms with Gasteiger partial charge in [-0.3, -0.25) is 4.79 Å². The van der Waals surface area contributed by atoms with E-state index in [1.165, 1.54) is 0 Å². The number of rotatable bonds is 15. The molecule has 0 radical (unpaired) electrons. The van der Waals surface area contributed by atoms with Crippen LogP contribution in [0.25, 0.3) is 0 Å². The van der Waals surface area contributed by atoms with Crippen LogP contribution in [0.2, 0.25) is 0 Å². The van der Waals surface area contributed by atoms with Crippen LogP contribution in [0.1, 0.15) is 65.2 Å². The number of esters is 1. The predicted octanol–water partition coefficient (Wildman–Crippen LogP) is 7.03. The Kier molecular flexibility index (Phi) is 19.3. The van der Waals surface area contributed by atoms with E-state index in [2.05, 4.69) is 73.8 Å². The van der Waals surface area contributed by atoms with Crippen LogP contribution in [0.4, 0.5) is 0 Å². The molecule has 0 rings (SSSR count). The van der Waals surface area contributed by atoms with Crippen LogP contribution in [0, 0.1) is 0 Å². The molecule has 0 aromatic carbocycles. The lowest BCUT2D eigenvalue weighted by Gasteiger charge is -1.97. The largest absolute Gasteiger partial charge is 0.466 e. The summed E-state index contributed by atoms with van der Waals surface area (Å²) in [6.07, 6.45) is 33.3. The van der Waals surface area contributed by atoms with Crippen molar-refractivity contribution in [3.63, 3.8) is 0 Å². The second kappa shape index (κ2) is 21.0. The SMILES string of the molecule is CC/C=C/C/C=C/C/C=C/C/C=C/C/C=C\C/C=C/CCC(=O)OCC. The molecule has 0 aromatic rings. The van der Waals surface area contributed by atoms with E-state index in [0.717, 1.165) is 44.9 Å². The topological polar surface area (TPSA) is 26.3 Å². The van der Waals surface area contributed by atoms with Crippen molar-refractivity contribution in [1.29, 1.82) is 0 Å². The molecular formula is C24H36O2. The van der Waals surface area contributed by atoms with E-state index in [1.807, 2.05) is 13.0 Å². The van der Waals surface area contributed by atoms with Gasteiger partial charge in [-0.15, -0.1) is 0 Å². The van der Waals surface area contributed by atoms with Gasteiger partial charge in [-0.25, -0.2) is 0 Å². The number of hydrogen-bond donors (Lipinski definition) is 0. The standard InChI is InChI=1S/C24H36O2/c1-3-5-6-7-8-9-10-11-12-13-14-15-16-17-18-19-20-21-22-23-24(25)26-4-2/h5-6,8-9,11-12,14-15,17-18,20-21H,3-4,7,10,13,16,19,22-23H2,1-2H3/b6-5+,9-8+,12-11+,15-14+,18-17-,21-20+. The maximum atomic E-state index is 11.1. The smallest absolute Gasteiger partial charge is 0.306 e. The molecule has 0 bridgehead atoms. The summed E-state index contributed by atoms with van der Waals surface area (Å²) in [5.41, 5.74) is 0. The summed E-state index contributed by atoms with van der Waals surface area (Å²) < 4.78 is 4.87. The monoisotopic (exact) mass is 356 g/mol. The molecule has 0 saturated carbocycles. The predicted molar refractivity (Wildman–Crippen MR) is 114 cm³/mol. The van der Waals surface area contributed by atoms with Crippen molar-refractivity contribution >= 4 is 5.97 Å². The lowest BCUT2D eigenvalue weighted by molar-refractivity contribution is -0.142. The molecule has 0 saturated heterocycles. The highest BCUT2D eigenvalue weighted by Gasteiger charge is 1.97. The quantitative estimate of drug-likeness (QED) is 0.232. The van der Waals surface area contributed by atoms with E-state index in [9.17, 15) is 4.79 Å². The van der Waals surface area contributed by atoms with Gasteiger partial charge in [0.25, 0.3) is 0 Å². The summed E-state index contributed by atoms with van der Waals surface area (Å²) in [6, 6.07) is 0. The lowest BCUT2D eigenvalue weighted by Crippen LogP contribution is -2.02. The third-order valence-corrected chi connectivity index (χ3v) is 3.42. The fourth-order valence-corrected chi connectivity index (χ4v) is 2.07. The highest BCUT2D eigenvalue weighted by Crippen LogP contribution is 1.98. The summed E-state index contributed by atoms with van der Waals surface area (Å²) in [5, 5.41) is 0. The normalized spacial score (nSPS) is 12.8. The minimum Gasteiger partial charge on any atom is -0.466 e. The Hall–Kier alpha value is -2.09. The molecule has 0 atom stereocenters. The van der Waals surface area contributed by atoms with Crippen molar-refractivity contribution in [2.75, 3.05) is 6.61 Å². The first-order valence-corrected chi connectivity index (χ1v) is 9.86. The minimum atomic E-state index is -0.118. The van der Waals surface area contributed by atoms with Gasteiger partial charge in [0, 0.05) is 6.42 Å². The molecule has 0 amide bonds. The average molecular weight is 357 g/mol. The maximum absolute atomic E-state index is 11.1. The molecule has 0 spiro atoms. The zero-order valence-corrected chi connectivity index (χ0v) is 16.6. The molecule has 0 aliphatic heterocycles. The van der Waals surface area contributed by atoms with Crippen LogP contribution in [0.15, 0.2) is 72.9 Å². The first kappa shape index (κ1) is 23.9. The third-order valence-electron chi connectivity index (χ3n) is 3.42. The van der Waals surface area contributed by atoms with Gasteiger partial charge in [0.05, 0.1) is 6.61 Å². The lowest BCUT2D eigenvalue weighted by atomic mass is 10.2. The highest BCUT2D eigenvalue weighted by molar-refractivity contribution is 5.69. The van der Waals surface area contributed by atoms with Crippen molar-refractivity contribution in [3.8, 4) is 0 Å². The number of carbonyl (C=O) groups excluding carboxylic acids is 1. The molecule has 0 aliphatic carbocycles. The maximum Gasteiger partial charge on any atom is 0.306 e. The molecule has 0 N–H and O–H groups in total. The van der Waals surface area contributed by atoms with Crippen LogP contribution >= 0.6 is 0 Å². The Labute approximate surface area is 160 Å². The molecule has 2 nitrogen and oxygen atoms in total. The van der Waals surface area contributed by atoms with Crippen LogP contribution < -0.4 is 0 Å². The molecule has 0 aliphatic rings. The summed E-state index contributed by atoms with van der Waals surface area (Å²) >= 11 is 0. The van der Waals surface area contributed by atoms with Crippen LogP contribution in [-0.4, -0.2) is 12.6 Å². The summed E-state index contributed by atoms with van der Waals surface area (Å²) in [7, 11) is 0. The van der Waals surface area contributed by atoms with E-state index >= 15 is 0 Å². The average Bonchev–Trinajstić information content (AvgIpc) is 2.64. The van der Waals surface area contributed by atoms with Crippen LogP contribution in [0.3, 0.4) is 0 Å². The molecule has 0 aromatic heterocycles. The first-order chi connectivity index (χ1) is 12.8. The Morgan fingerprint density at radius 3 is 1.38 bits per heavy atom. The molecule has 0 unspecified atom stereocenters. The van der Waals surface area contributed by atoms with Crippen molar-refractivity contribution in [3.05, 3.63) is 72.9 Å². The van der Waals surface area contributed by atoms with Gasteiger partial charge in [-0.05, 0) is 51.9 Å². The molecule has 144 valence electrons. The van der Waals surface area contributed by atoms with E-state index in [-0.39, 0.29) is 5.97 Å². The Morgan fingerprint density at radius 1 is 0.615 bits per heavy atom. The number of carbonyl (C=O) groups is 1. The number of ether oxygens (including phenoxy) is 1. The van der Waals surface area contributed by atoms with Crippen LogP contribution in [0.5, 0.6) is 0 Å². The van der Waals surface area contributed by atoms with Gasteiger partial charge in [0.1, 0.15) is 0 Å². The van der Waals surface area contributed by atoms with E-state index < -0.39 is 0 Å². The molecule has 0 fully saturated rings. The second-order valence-electron chi connectivity index (χ2n) is 5.76. The molecule has 2 heteroatoms. The van der Waals surface area contributed by atoms with Crippen molar-refractivity contribution < 1.29 is 9.53 Å². The Balaban J connectivity index is 3.54. The van der Waals surface area contributed by atoms with Gasteiger partial charge in [0.2, 0.25) is 0 Å². The van der Waals surface area contributed by atoms with E-state index in [0.29, 0.717) is 13.0 Å². The summed E-state index contributed by atoms with van der Waals surface area (Å²) in [5.74, 6) is -0.118. The van der Waals surface area contributed by atoms with Gasteiger partial charge < -0.3 is 4.74 Å². The molecular weight excluding hydrogens is 320 g/mol. The molecule has 0 heterocycles.